The molecule has 0 spiro atoms. The molecule has 3 N–H and O–H groups in total. The molecule has 21 heavy (non-hydrogen) atoms. The Morgan fingerprint density at radius 2 is 2.00 bits per heavy atom. The zero-order valence-corrected chi connectivity index (χ0v) is 12.4. The molecule has 6 nitrogen and oxygen atoms in total. The molecule has 0 aromatic heterocycles. The van der Waals surface area contributed by atoms with Gasteiger partial charge in [-0.3, -0.25) is 4.79 Å². The van der Waals surface area contributed by atoms with Gasteiger partial charge in [-0.1, -0.05) is 13.3 Å². The number of benzene rings is 1. The average molecular weight is 294 g/mol. The van der Waals surface area contributed by atoms with Crippen molar-refractivity contribution in [3.05, 3.63) is 23.8 Å². The number of unbranched alkanes of at least 4 members (excludes halogenated alkanes) is 1. The van der Waals surface area contributed by atoms with Gasteiger partial charge >= 0.3 is 5.97 Å². The molecule has 0 radical (unpaired) electrons. The molecule has 0 heterocycles. The number of phenols is 1. The first-order chi connectivity index (χ1) is 9.93. The van der Waals surface area contributed by atoms with E-state index in [1.807, 2.05) is 7.05 Å². The number of aromatic hydroxyl groups is 1. The molecule has 0 aliphatic heterocycles. The highest BCUT2D eigenvalue weighted by atomic mass is 16.4. The summed E-state index contributed by atoms with van der Waals surface area (Å²) in [5.74, 6) is -1.73. The Morgan fingerprint density at radius 3 is 2.57 bits per heavy atom. The van der Waals surface area contributed by atoms with E-state index in [4.69, 9.17) is 5.11 Å². The van der Waals surface area contributed by atoms with Gasteiger partial charge in [0.2, 0.25) is 5.91 Å². The first-order valence-electron chi connectivity index (χ1n) is 6.98. The molecule has 1 amide bonds. The number of hydrogen-bond acceptors (Lipinski definition) is 4. The minimum Gasteiger partial charge on any atom is -0.507 e. The Morgan fingerprint density at radius 1 is 1.29 bits per heavy atom. The summed E-state index contributed by atoms with van der Waals surface area (Å²) in [7, 11) is 1.97. The van der Waals surface area contributed by atoms with Gasteiger partial charge < -0.3 is 20.4 Å². The summed E-state index contributed by atoms with van der Waals surface area (Å²) in [5, 5.41) is 21.0. The summed E-state index contributed by atoms with van der Waals surface area (Å²) < 4.78 is 0. The molecular formula is C15H22N2O4. The van der Waals surface area contributed by atoms with Gasteiger partial charge in [0.15, 0.2) is 0 Å². The molecule has 6 heteroatoms. The highest BCUT2D eigenvalue weighted by Gasteiger charge is 2.11. The Kier molecular flexibility index (Phi) is 6.68. The molecule has 1 aromatic carbocycles. The van der Waals surface area contributed by atoms with Gasteiger partial charge in [-0.05, 0) is 32.1 Å². The summed E-state index contributed by atoms with van der Waals surface area (Å²) in [6.07, 6.45) is 2.57. The molecule has 116 valence electrons. The summed E-state index contributed by atoms with van der Waals surface area (Å²) in [5.41, 5.74) is 0.200. The van der Waals surface area contributed by atoms with Crippen LogP contribution in [0, 0.1) is 0 Å². The number of nitrogens with one attached hydrogen (secondary N) is 1. The average Bonchev–Trinajstić information content (AvgIpc) is 2.42. The topological polar surface area (TPSA) is 89.9 Å². The van der Waals surface area contributed by atoms with Crippen LogP contribution in [0.25, 0.3) is 0 Å². The first-order valence-corrected chi connectivity index (χ1v) is 6.98. The minimum absolute atomic E-state index is 0.166. The van der Waals surface area contributed by atoms with E-state index < -0.39 is 5.97 Å². The number of carbonyl (C=O) groups excluding carboxylic acids is 1. The fourth-order valence-electron chi connectivity index (χ4n) is 1.85. The molecule has 1 aromatic rings. The van der Waals surface area contributed by atoms with Crippen molar-refractivity contribution >= 4 is 17.6 Å². The van der Waals surface area contributed by atoms with Crippen LogP contribution in [0.4, 0.5) is 5.69 Å². The number of hydrogen-bond donors (Lipinski definition) is 3. The van der Waals surface area contributed by atoms with Crippen LogP contribution in [0.2, 0.25) is 0 Å². The lowest BCUT2D eigenvalue weighted by Gasteiger charge is -2.15. The Labute approximate surface area is 124 Å². The largest absolute Gasteiger partial charge is 0.507 e. The van der Waals surface area contributed by atoms with E-state index in [-0.39, 0.29) is 17.2 Å². The van der Waals surface area contributed by atoms with Gasteiger partial charge in [0.1, 0.15) is 11.3 Å². The summed E-state index contributed by atoms with van der Waals surface area (Å²) in [4.78, 5) is 24.6. The van der Waals surface area contributed by atoms with Crippen molar-refractivity contribution in [2.75, 3.05) is 25.5 Å². The Balaban J connectivity index is 2.48. The monoisotopic (exact) mass is 294 g/mol. The van der Waals surface area contributed by atoms with E-state index >= 15 is 0 Å². The van der Waals surface area contributed by atoms with E-state index in [0.29, 0.717) is 18.7 Å². The third kappa shape index (κ3) is 5.83. The number of carbonyl (C=O) groups is 2. The maximum atomic E-state index is 11.8. The highest BCUT2D eigenvalue weighted by Crippen LogP contribution is 2.21. The Bertz CT molecular complexity index is 502. The smallest absolute Gasteiger partial charge is 0.339 e. The number of nitrogens with zero attached hydrogens (tertiary/aromatic N) is 1. The minimum atomic E-state index is -1.21. The second-order valence-corrected chi connectivity index (χ2v) is 4.99. The van der Waals surface area contributed by atoms with Crippen LogP contribution in [0.1, 0.15) is 36.5 Å². The van der Waals surface area contributed by atoms with Crippen LogP contribution < -0.4 is 5.32 Å². The van der Waals surface area contributed by atoms with Crippen LogP contribution in [0.5, 0.6) is 5.75 Å². The molecule has 0 saturated carbocycles. The van der Waals surface area contributed by atoms with Gasteiger partial charge in [0.05, 0.1) is 0 Å². The molecule has 0 bridgehead atoms. The molecule has 0 unspecified atom stereocenters. The summed E-state index contributed by atoms with van der Waals surface area (Å²) >= 11 is 0. The van der Waals surface area contributed by atoms with E-state index in [1.165, 1.54) is 18.2 Å². The fourth-order valence-corrected chi connectivity index (χ4v) is 1.85. The Hall–Kier alpha value is -2.08. The van der Waals surface area contributed by atoms with Crippen molar-refractivity contribution in [2.45, 2.75) is 26.2 Å². The predicted molar refractivity (Wildman–Crippen MR) is 80.7 cm³/mol. The third-order valence-corrected chi connectivity index (χ3v) is 3.13. The van der Waals surface area contributed by atoms with Gasteiger partial charge in [0, 0.05) is 24.7 Å². The van der Waals surface area contributed by atoms with Crippen LogP contribution in [-0.4, -0.2) is 47.1 Å². The molecule has 0 fully saturated rings. The molecule has 0 atom stereocenters. The zero-order valence-electron chi connectivity index (χ0n) is 12.4. The van der Waals surface area contributed by atoms with Crippen molar-refractivity contribution in [1.29, 1.82) is 0 Å². The molecule has 0 aliphatic carbocycles. The quantitative estimate of drug-likeness (QED) is 0.683. The lowest BCUT2D eigenvalue weighted by molar-refractivity contribution is -0.116. The second-order valence-electron chi connectivity index (χ2n) is 4.99. The first kappa shape index (κ1) is 17.0. The zero-order chi connectivity index (χ0) is 15.8. The van der Waals surface area contributed by atoms with Crippen molar-refractivity contribution in [2.24, 2.45) is 0 Å². The number of carboxylic acid groups (broad SMARTS) is 1. The van der Waals surface area contributed by atoms with Crippen LogP contribution in [0.15, 0.2) is 18.2 Å². The van der Waals surface area contributed by atoms with Crippen molar-refractivity contribution in [3.63, 3.8) is 0 Å². The van der Waals surface area contributed by atoms with E-state index in [9.17, 15) is 14.7 Å². The number of aromatic carboxylic acids is 1. The second kappa shape index (κ2) is 8.26. The summed E-state index contributed by atoms with van der Waals surface area (Å²) in [6, 6.07) is 3.96. The summed E-state index contributed by atoms with van der Waals surface area (Å²) in [6.45, 7) is 3.73. The third-order valence-electron chi connectivity index (χ3n) is 3.13. The van der Waals surface area contributed by atoms with Crippen LogP contribution >= 0.6 is 0 Å². The van der Waals surface area contributed by atoms with Crippen molar-refractivity contribution in [1.82, 2.24) is 4.90 Å². The molecular weight excluding hydrogens is 272 g/mol. The van der Waals surface area contributed by atoms with E-state index in [2.05, 4.69) is 17.1 Å². The van der Waals surface area contributed by atoms with E-state index in [1.54, 1.807) is 0 Å². The van der Waals surface area contributed by atoms with Gasteiger partial charge in [-0.25, -0.2) is 4.79 Å². The van der Waals surface area contributed by atoms with Crippen molar-refractivity contribution < 1.29 is 19.8 Å². The normalized spacial score (nSPS) is 10.6. The molecule has 0 aliphatic rings. The number of anilines is 1. The van der Waals surface area contributed by atoms with Gasteiger partial charge in [-0.2, -0.15) is 0 Å². The number of rotatable bonds is 8. The lowest BCUT2D eigenvalue weighted by atomic mass is 10.2. The lowest BCUT2D eigenvalue weighted by Crippen LogP contribution is -2.25. The maximum Gasteiger partial charge on any atom is 0.339 e. The standard InChI is InChI=1S/C15H22N2O4/c1-3-4-8-17(2)9-7-14(19)16-11-5-6-12(15(20)21)13(18)10-11/h5-6,10,18H,3-4,7-9H2,1-2H3,(H,16,19)(H,20,21). The predicted octanol–water partition coefficient (Wildman–Crippen LogP) is 2.15. The van der Waals surface area contributed by atoms with Crippen LogP contribution in [0.3, 0.4) is 0 Å². The highest BCUT2D eigenvalue weighted by molar-refractivity contribution is 5.94. The number of amides is 1. The van der Waals surface area contributed by atoms with Gasteiger partial charge in [0.25, 0.3) is 0 Å². The van der Waals surface area contributed by atoms with Gasteiger partial charge in [-0.15, -0.1) is 0 Å². The fraction of sp³-hybridized carbons (Fsp3) is 0.467. The van der Waals surface area contributed by atoms with Crippen LogP contribution in [-0.2, 0) is 4.79 Å². The molecule has 0 saturated heterocycles. The van der Waals surface area contributed by atoms with Crippen molar-refractivity contribution in [3.8, 4) is 5.75 Å². The number of carboxylic acids is 1. The van der Waals surface area contributed by atoms with E-state index in [0.717, 1.165) is 19.4 Å². The maximum absolute atomic E-state index is 11.8. The SMILES string of the molecule is CCCCN(C)CCC(=O)Nc1ccc(C(=O)O)c(O)c1. The molecule has 1 rings (SSSR count).